The molecule has 0 spiro atoms. The second kappa shape index (κ2) is 3.75. The zero-order chi connectivity index (χ0) is 9.84. The molecule has 0 aliphatic carbocycles. The molecular weight excluding hydrogens is 172 g/mol. The lowest BCUT2D eigenvalue weighted by molar-refractivity contribution is 0.0516. The topological polar surface area (TPSA) is 75.3 Å². The van der Waals surface area contributed by atoms with Gasteiger partial charge >= 0.3 is 5.97 Å². The number of rotatable bonds is 2. The van der Waals surface area contributed by atoms with Crippen LogP contribution in [0.1, 0.15) is 17.3 Å². The van der Waals surface area contributed by atoms with Crippen LogP contribution < -0.4 is 5.49 Å². The number of hydrogen-bond donors (Lipinski definition) is 2. The third-order valence-electron chi connectivity index (χ3n) is 1.47. The number of nitrogens with zero attached hydrogens (tertiary/aromatic N) is 1. The van der Waals surface area contributed by atoms with E-state index in [9.17, 15) is 4.79 Å². The van der Waals surface area contributed by atoms with Crippen molar-refractivity contribution in [3.05, 3.63) is 29.4 Å². The molecule has 0 saturated heterocycles. The molecule has 0 radical (unpaired) electrons. The summed E-state index contributed by atoms with van der Waals surface area (Å²) < 4.78 is 5.24. The highest BCUT2D eigenvalue weighted by molar-refractivity contribution is 5.88. The molecule has 13 heavy (non-hydrogen) atoms. The summed E-state index contributed by atoms with van der Waals surface area (Å²) in [5, 5.41) is 16.4. The van der Waals surface area contributed by atoms with Crippen LogP contribution in [-0.2, 0) is 4.74 Å². The van der Waals surface area contributed by atoms with Crippen LogP contribution in [0.2, 0.25) is 0 Å². The standard InChI is InChI=1S/C8H10N2O3/c1-2-13-8(11)6-4-3-5-10(12)7(6)9/h3-5,9,12H,2H2,1H3. The second-order valence-electron chi connectivity index (χ2n) is 2.34. The summed E-state index contributed by atoms with van der Waals surface area (Å²) >= 11 is 0. The number of pyridine rings is 1. The quantitative estimate of drug-likeness (QED) is 0.513. The highest BCUT2D eigenvalue weighted by Crippen LogP contribution is 1.93. The number of carbonyl (C=O) groups excluding carboxylic acids is 1. The van der Waals surface area contributed by atoms with Crippen LogP contribution in [-0.4, -0.2) is 22.5 Å². The number of ether oxygens (including phenoxy) is 1. The first kappa shape index (κ1) is 9.31. The van der Waals surface area contributed by atoms with Gasteiger partial charge in [-0.3, -0.25) is 5.41 Å². The van der Waals surface area contributed by atoms with E-state index in [4.69, 9.17) is 10.6 Å². The van der Waals surface area contributed by atoms with E-state index in [1.807, 2.05) is 0 Å². The van der Waals surface area contributed by atoms with Crippen molar-refractivity contribution in [2.24, 2.45) is 0 Å². The summed E-state index contributed by atoms with van der Waals surface area (Å²) in [6, 6.07) is 2.89. The highest BCUT2D eigenvalue weighted by atomic mass is 16.5. The molecule has 0 aromatic carbocycles. The smallest absolute Gasteiger partial charge is 0.342 e. The summed E-state index contributed by atoms with van der Waals surface area (Å²) in [4.78, 5) is 11.2. The Morgan fingerprint density at radius 3 is 3.08 bits per heavy atom. The summed E-state index contributed by atoms with van der Waals surface area (Å²) in [5.41, 5.74) is -0.229. The normalized spacial score (nSPS) is 9.62. The van der Waals surface area contributed by atoms with E-state index >= 15 is 0 Å². The van der Waals surface area contributed by atoms with Crippen LogP contribution in [0.15, 0.2) is 18.3 Å². The minimum atomic E-state index is -0.601. The average molecular weight is 182 g/mol. The van der Waals surface area contributed by atoms with E-state index in [-0.39, 0.29) is 17.7 Å². The summed E-state index contributed by atoms with van der Waals surface area (Å²) in [6.45, 7) is 1.93. The van der Waals surface area contributed by atoms with Crippen molar-refractivity contribution in [2.45, 2.75) is 6.92 Å². The van der Waals surface area contributed by atoms with Gasteiger partial charge in [0.15, 0.2) is 5.49 Å². The number of hydrogen-bond acceptors (Lipinski definition) is 4. The van der Waals surface area contributed by atoms with Crippen molar-refractivity contribution in [2.75, 3.05) is 6.61 Å². The molecule has 0 fully saturated rings. The zero-order valence-electron chi connectivity index (χ0n) is 7.15. The molecule has 70 valence electrons. The summed E-state index contributed by atoms with van der Waals surface area (Å²) in [7, 11) is 0. The molecule has 0 aliphatic rings. The molecule has 0 bridgehead atoms. The first-order chi connectivity index (χ1) is 6.16. The highest BCUT2D eigenvalue weighted by Gasteiger charge is 2.09. The van der Waals surface area contributed by atoms with Crippen LogP contribution in [0.4, 0.5) is 0 Å². The largest absolute Gasteiger partial charge is 0.462 e. The lowest BCUT2D eigenvalue weighted by Crippen LogP contribution is -2.25. The number of aromatic nitrogens is 1. The molecule has 1 aromatic rings. The van der Waals surface area contributed by atoms with Gasteiger partial charge in [0.05, 0.1) is 6.61 Å². The van der Waals surface area contributed by atoms with Crippen LogP contribution in [0, 0.1) is 5.41 Å². The Hall–Kier alpha value is -1.78. The van der Waals surface area contributed by atoms with Gasteiger partial charge in [0, 0.05) is 6.20 Å². The number of nitrogens with one attached hydrogen (secondary N) is 1. The molecule has 2 N–H and O–H groups in total. The Morgan fingerprint density at radius 1 is 1.77 bits per heavy atom. The fourth-order valence-corrected chi connectivity index (χ4v) is 0.871. The van der Waals surface area contributed by atoms with Gasteiger partial charge in [-0.05, 0) is 19.1 Å². The third kappa shape index (κ3) is 1.87. The molecule has 0 aliphatic heterocycles. The van der Waals surface area contributed by atoms with Crippen LogP contribution in [0.5, 0.6) is 0 Å². The van der Waals surface area contributed by atoms with E-state index in [0.29, 0.717) is 4.73 Å². The zero-order valence-corrected chi connectivity index (χ0v) is 7.15. The first-order valence-electron chi connectivity index (χ1n) is 3.79. The summed E-state index contributed by atoms with van der Waals surface area (Å²) in [6.07, 6.45) is 1.27. The maximum absolute atomic E-state index is 11.2. The SMILES string of the molecule is CCOC(=O)c1cccn(O)c1=N. The molecule has 5 heteroatoms. The second-order valence-corrected chi connectivity index (χ2v) is 2.34. The van der Waals surface area contributed by atoms with Crippen molar-refractivity contribution in [1.82, 2.24) is 4.73 Å². The molecule has 5 nitrogen and oxygen atoms in total. The van der Waals surface area contributed by atoms with Crippen LogP contribution in [0.25, 0.3) is 0 Å². The monoisotopic (exact) mass is 182 g/mol. The van der Waals surface area contributed by atoms with Crippen LogP contribution in [0.3, 0.4) is 0 Å². The molecule has 1 rings (SSSR count). The van der Waals surface area contributed by atoms with E-state index in [1.165, 1.54) is 18.3 Å². The summed E-state index contributed by atoms with van der Waals surface area (Å²) in [5.74, 6) is -0.601. The molecule has 1 aromatic heterocycles. The van der Waals surface area contributed by atoms with E-state index in [0.717, 1.165) is 0 Å². The van der Waals surface area contributed by atoms with E-state index < -0.39 is 5.97 Å². The molecule has 0 saturated carbocycles. The van der Waals surface area contributed by atoms with Gasteiger partial charge < -0.3 is 9.94 Å². The average Bonchev–Trinajstić information content (AvgIpc) is 2.10. The first-order valence-corrected chi connectivity index (χ1v) is 3.79. The van der Waals surface area contributed by atoms with Crippen molar-refractivity contribution >= 4 is 5.97 Å². The van der Waals surface area contributed by atoms with Gasteiger partial charge in [0.2, 0.25) is 0 Å². The maximum Gasteiger partial charge on any atom is 0.342 e. The number of carbonyl (C=O) groups is 1. The van der Waals surface area contributed by atoms with Gasteiger partial charge in [0.25, 0.3) is 0 Å². The van der Waals surface area contributed by atoms with Gasteiger partial charge in [-0.2, -0.15) is 4.73 Å². The minimum Gasteiger partial charge on any atom is -0.462 e. The van der Waals surface area contributed by atoms with E-state index in [2.05, 4.69) is 4.74 Å². The predicted molar refractivity (Wildman–Crippen MR) is 43.4 cm³/mol. The molecular formula is C8H10N2O3. The van der Waals surface area contributed by atoms with Crippen molar-refractivity contribution in [3.8, 4) is 0 Å². The maximum atomic E-state index is 11.2. The van der Waals surface area contributed by atoms with Crippen molar-refractivity contribution in [1.29, 1.82) is 5.41 Å². The molecule has 0 amide bonds. The van der Waals surface area contributed by atoms with Gasteiger partial charge in [-0.1, -0.05) is 0 Å². The Labute approximate surface area is 74.7 Å². The Bertz CT molecular complexity index is 370. The van der Waals surface area contributed by atoms with Gasteiger partial charge in [-0.25, -0.2) is 4.79 Å². The minimum absolute atomic E-state index is 0.0480. The Kier molecular flexibility index (Phi) is 2.69. The van der Waals surface area contributed by atoms with Gasteiger partial charge in [-0.15, -0.1) is 0 Å². The predicted octanol–water partition coefficient (Wildman–Crippen LogP) is 0.382. The van der Waals surface area contributed by atoms with Gasteiger partial charge in [0.1, 0.15) is 5.56 Å². The third-order valence-corrected chi connectivity index (χ3v) is 1.47. The van der Waals surface area contributed by atoms with Crippen molar-refractivity contribution in [3.63, 3.8) is 0 Å². The molecule has 0 atom stereocenters. The lowest BCUT2D eigenvalue weighted by atomic mass is 10.3. The fourth-order valence-electron chi connectivity index (χ4n) is 0.871. The fraction of sp³-hybridized carbons (Fsp3) is 0.250. The Morgan fingerprint density at radius 2 is 2.46 bits per heavy atom. The molecule has 0 unspecified atom stereocenters. The van der Waals surface area contributed by atoms with E-state index in [1.54, 1.807) is 6.92 Å². The van der Waals surface area contributed by atoms with Crippen LogP contribution >= 0.6 is 0 Å². The molecule has 1 heterocycles. The Balaban J connectivity index is 3.08. The number of esters is 1. The lowest BCUT2D eigenvalue weighted by Gasteiger charge is -2.02. The van der Waals surface area contributed by atoms with Crippen molar-refractivity contribution < 1.29 is 14.7 Å².